The van der Waals surface area contributed by atoms with E-state index in [2.05, 4.69) is 15.9 Å². The maximum atomic E-state index is 11.9. The number of amides is 1. The molecule has 0 unspecified atom stereocenters. The Hall–Kier alpha value is -0.290. The minimum atomic E-state index is -0.189. The molecule has 0 aromatic rings. The lowest BCUT2D eigenvalue weighted by atomic mass is 9.92. The number of ether oxygens (including phenoxy) is 2. The molecule has 0 aromatic carbocycles. The van der Waals surface area contributed by atoms with E-state index in [0.29, 0.717) is 24.7 Å². The van der Waals surface area contributed by atoms with Crippen LogP contribution in [0.1, 0.15) is 52.4 Å². The van der Waals surface area contributed by atoms with Crippen LogP contribution in [0.25, 0.3) is 0 Å². The molecule has 0 heterocycles. The Bertz CT molecular complexity index is 291. The van der Waals surface area contributed by atoms with Gasteiger partial charge in [0, 0.05) is 25.0 Å². The molecule has 0 atom stereocenters. The van der Waals surface area contributed by atoms with Gasteiger partial charge in [0.25, 0.3) is 0 Å². The molecule has 124 valence electrons. The fourth-order valence-corrected chi connectivity index (χ4v) is 2.93. The number of unbranched alkanes of at least 4 members (excludes halogenated alkanes) is 1. The van der Waals surface area contributed by atoms with Crippen LogP contribution in [0.4, 0.5) is 4.79 Å². The molecule has 0 radical (unpaired) electrons. The van der Waals surface area contributed by atoms with Gasteiger partial charge >= 0.3 is 6.09 Å². The summed E-state index contributed by atoms with van der Waals surface area (Å²) in [5.74, 6) is 0.381. The third kappa shape index (κ3) is 7.50. The van der Waals surface area contributed by atoms with Crippen LogP contribution in [-0.2, 0) is 9.47 Å². The first-order valence-corrected chi connectivity index (χ1v) is 9.23. The Labute approximate surface area is 137 Å². The van der Waals surface area contributed by atoms with E-state index in [4.69, 9.17) is 9.47 Å². The Morgan fingerprint density at radius 1 is 1.24 bits per heavy atom. The zero-order valence-electron chi connectivity index (χ0n) is 13.6. The normalized spacial score (nSPS) is 22.3. The van der Waals surface area contributed by atoms with E-state index < -0.39 is 0 Å². The first-order chi connectivity index (χ1) is 10.0. The SMILES string of the molecule is CC(C)COC(=O)N(C)[C@H]1CC[C@H](OCCCCBr)CC1. The van der Waals surface area contributed by atoms with Gasteiger partial charge in [-0.1, -0.05) is 29.8 Å². The number of hydrogen-bond acceptors (Lipinski definition) is 3. The predicted molar refractivity (Wildman–Crippen MR) is 89.0 cm³/mol. The van der Waals surface area contributed by atoms with Crippen molar-refractivity contribution >= 4 is 22.0 Å². The summed E-state index contributed by atoms with van der Waals surface area (Å²) in [7, 11) is 1.85. The van der Waals surface area contributed by atoms with E-state index in [-0.39, 0.29) is 6.09 Å². The molecule has 0 aromatic heterocycles. The van der Waals surface area contributed by atoms with Crippen LogP contribution in [0.15, 0.2) is 0 Å². The highest BCUT2D eigenvalue weighted by molar-refractivity contribution is 9.09. The lowest BCUT2D eigenvalue weighted by molar-refractivity contribution is 0.00736. The zero-order chi connectivity index (χ0) is 15.7. The van der Waals surface area contributed by atoms with E-state index in [9.17, 15) is 4.79 Å². The molecule has 1 rings (SSSR count). The molecule has 5 heteroatoms. The Morgan fingerprint density at radius 3 is 2.48 bits per heavy atom. The smallest absolute Gasteiger partial charge is 0.409 e. The lowest BCUT2D eigenvalue weighted by Gasteiger charge is -2.34. The number of carbonyl (C=O) groups is 1. The van der Waals surface area contributed by atoms with Gasteiger partial charge in [0.2, 0.25) is 0 Å². The van der Waals surface area contributed by atoms with Crippen molar-refractivity contribution in [2.24, 2.45) is 5.92 Å². The molecule has 1 saturated carbocycles. The third-order valence-corrected chi connectivity index (χ3v) is 4.46. The van der Waals surface area contributed by atoms with Crippen molar-refractivity contribution in [1.29, 1.82) is 0 Å². The minimum absolute atomic E-state index is 0.189. The van der Waals surface area contributed by atoms with Crippen LogP contribution in [-0.4, -0.2) is 48.7 Å². The van der Waals surface area contributed by atoms with Crippen molar-refractivity contribution in [3.63, 3.8) is 0 Å². The van der Waals surface area contributed by atoms with Crippen LogP contribution in [0, 0.1) is 5.92 Å². The molecule has 0 N–H and O–H groups in total. The van der Waals surface area contributed by atoms with Crippen molar-refractivity contribution in [2.75, 3.05) is 25.6 Å². The maximum Gasteiger partial charge on any atom is 0.409 e. The summed E-state index contributed by atoms with van der Waals surface area (Å²) in [6.07, 6.45) is 6.57. The molecule has 0 saturated heterocycles. The second-order valence-corrected chi connectivity index (χ2v) is 7.07. The summed E-state index contributed by atoms with van der Waals surface area (Å²) in [6, 6.07) is 0.298. The van der Waals surface area contributed by atoms with Gasteiger partial charge in [-0.25, -0.2) is 4.79 Å². The maximum absolute atomic E-state index is 11.9. The second-order valence-electron chi connectivity index (χ2n) is 6.28. The van der Waals surface area contributed by atoms with Crippen molar-refractivity contribution in [3.05, 3.63) is 0 Å². The summed E-state index contributed by atoms with van der Waals surface area (Å²) >= 11 is 3.43. The monoisotopic (exact) mass is 363 g/mol. The molecule has 0 spiro atoms. The zero-order valence-corrected chi connectivity index (χ0v) is 15.2. The molecule has 1 amide bonds. The summed E-state index contributed by atoms with van der Waals surface area (Å²) in [5.41, 5.74) is 0. The Morgan fingerprint density at radius 2 is 1.90 bits per heavy atom. The molecule has 1 aliphatic rings. The van der Waals surface area contributed by atoms with Crippen LogP contribution < -0.4 is 0 Å². The fourth-order valence-electron chi connectivity index (χ4n) is 2.53. The van der Waals surface area contributed by atoms with Crippen LogP contribution >= 0.6 is 15.9 Å². The summed E-state index contributed by atoms with van der Waals surface area (Å²) < 4.78 is 11.2. The van der Waals surface area contributed by atoms with E-state index in [0.717, 1.165) is 44.0 Å². The van der Waals surface area contributed by atoms with Gasteiger partial charge in [-0.15, -0.1) is 0 Å². The summed E-state index contributed by atoms with van der Waals surface area (Å²) in [6.45, 7) is 5.44. The minimum Gasteiger partial charge on any atom is -0.449 e. The molecule has 0 bridgehead atoms. The molecule has 21 heavy (non-hydrogen) atoms. The standard InChI is InChI=1S/C16H30BrNO3/c1-13(2)12-21-16(19)18(3)14-6-8-15(9-7-14)20-11-5-4-10-17/h13-15H,4-12H2,1-3H3/t14-,15-. The van der Waals surface area contributed by atoms with E-state index in [1.54, 1.807) is 4.90 Å². The highest BCUT2D eigenvalue weighted by Gasteiger charge is 2.27. The molecule has 0 aliphatic heterocycles. The van der Waals surface area contributed by atoms with Crippen LogP contribution in [0.5, 0.6) is 0 Å². The average Bonchev–Trinajstić information content (AvgIpc) is 2.49. The number of rotatable bonds is 8. The number of halogens is 1. The topological polar surface area (TPSA) is 38.8 Å². The molecular weight excluding hydrogens is 334 g/mol. The highest BCUT2D eigenvalue weighted by Crippen LogP contribution is 2.25. The number of carbonyl (C=O) groups excluding carboxylic acids is 1. The fraction of sp³-hybridized carbons (Fsp3) is 0.938. The van der Waals surface area contributed by atoms with Gasteiger partial charge in [-0.2, -0.15) is 0 Å². The number of alkyl halides is 1. The van der Waals surface area contributed by atoms with Gasteiger partial charge in [-0.3, -0.25) is 0 Å². The summed E-state index contributed by atoms with van der Waals surface area (Å²) in [5, 5.41) is 1.05. The molecule has 4 nitrogen and oxygen atoms in total. The summed E-state index contributed by atoms with van der Waals surface area (Å²) in [4.78, 5) is 13.7. The first-order valence-electron chi connectivity index (χ1n) is 8.11. The van der Waals surface area contributed by atoms with Gasteiger partial charge in [0.1, 0.15) is 0 Å². The van der Waals surface area contributed by atoms with Crippen molar-refractivity contribution < 1.29 is 14.3 Å². The van der Waals surface area contributed by atoms with Crippen molar-refractivity contribution in [2.45, 2.75) is 64.5 Å². The predicted octanol–water partition coefficient (Wildman–Crippen LogP) is 4.21. The quantitative estimate of drug-likeness (QED) is 0.478. The lowest BCUT2D eigenvalue weighted by Crippen LogP contribution is -2.41. The van der Waals surface area contributed by atoms with Gasteiger partial charge in [-0.05, 0) is 44.4 Å². The highest BCUT2D eigenvalue weighted by atomic mass is 79.9. The Kier molecular flexibility index (Phi) is 9.32. The van der Waals surface area contributed by atoms with E-state index in [1.165, 1.54) is 6.42 Å². The van der Waals surface area contributed by atoms with Gasteiger partial charge in [0.05, 0.1) is 12.7 Å². The molecule has 1 aliphatic carbocycles. The number of nitrogens with zero attached hydrogens (tertiary/aromatic N) is 1. The molecular formula is C16H30BrNO3. The molecule has 1 fully saturated rings. The average molecular weight is 364 g/mol. The van der Waals surface area contributed by atoms with E-state index in [1.807, 2.05) is 20.9 Å². The van der Waals surface area contributed by atoms with Crippen LogP contribution in [0.2, 0.25) is 0 Å². The second kappa shape index (κ2) is 10.4. The largest absolute Gasteiger partial charge is 0.449 e. The van der Waals surface area contributed by atoms with Crippen molar-refractivity contribution in [1.82, 2.24) is 4.90 Å². The number of hydrogen-bond donors (Lipinski definition) is 0. The van der Waals surface area contributed by atoms with Gasteiger partial charge < -0.3 is 14.4 Å². The Balaban J connectivity index is 2.20. The third-order valence-electron chi connectivity index (χ3n) is 3.90. The van der Waals surface area contributed by atoms with Gasteiger partial charge in [0.15, 0.2) is 0 Å². The first kappa shape index (κ1) is 18.8. The van der Waals surface area contributed by atoms with E-state index >= 15 is 0 Å². The van der Waals surface area contributed by atoms with Crippen molar-refractivity contribution in [3.8, 4) is 0 Å². The van der Waals surface area contributed by atoms with Crippen LogP contribution in [0.3, 0.4) is 0 Å².